The molecule has 0 amide bonds. The lowest BCUT2D eigenvalue weighted by atomic mass is 10.2. The van der Waals surface area contributed by atoms with Gasteiger partial charge in [-0.15, -0.1) is 0 Å². The maximum Gasteiger partial charge on any atom is 0.111 e. The van der Waals surface area contributed by atoms with Crippen molar-refractivity contribution in [3.05, 3.63) is 29.6 Å². The molecule has 0 atom stereocenters. The summed E-state index contributed by atoms with van der Waals surface area (Å²) >= 11 is 0. The average Bonchev–Trinajstić information content (AvgIpc) is 2.73. The van der Waals surface area contributed by atoms with Gasteiger partial charge in [0.05, 0.1) is 22.7 Å². The van der Waals surface area contributed by atoms with Gasteiger partial charge >= 0.3 is 0 Å². The molecule has 106 valence electrons. The number of hydrogen-bond donors (Lipinski definition) is 0. The first-order valence-electron chi connectivity index (χ1n) is 7.05. The summed E-state index contributed by atoms with van der Waals surface area (Å²) < 4.78 is 2.30. The zero-order valence-corrected chi connectivity index (χ0v) is 12.7. The number of hydrogen-bond acceptors (Lipinski definition) is 3. The molecule has 1 heterocycles. The third kappa shape index (κ3) is 3.17. The van der Waals surface area contributed by atoms with Gasteiger partial charge < -0.3 is 9.47 Å². The van der Waals surface area contributed by atoms with Crippen LogP contribution in [0.5, 0.6) is 0 Å². The van der Waals surface area contributed by atoms with E-state index in [0.717, 1.165) is 36.4 Å². The van der Waals surface area contributed by atoms with Gasteiger partial charge in [-0.3, -0.25) is 0 Å². The molecule has 0 N–H and O–H groups in total. The smallest absolute Gasteiger partial charge is 0.111 e. The van der Waals surface area contributed by atoms with Crippen molar-refractivity contribution in [1.29, 1.82) is 5.26 Å². The van der Waals surface area contributed by atoms with Gasteiger partial charge in [-0.05, 0) is 38.2 Å². The molecule has 0 bridgehead atoms. The van der Waals surface area contributed by atoms with E-state index < -0.39 is 0 Å². The Bertz CT molecular complexity index is 632. The lowest BCUT2D eigenvalue weighted by molar-refractivity contribution is 0.403. The second-order valence-corrected chi connectivity index (χ2v) is 5.90. The topological polar surface area (TPSA) is 44.9 Å². The van der Waals surface area contributed by atoms with Gasteiger partial charge in [0.1, 0.15) is 5.82 Å². The summed E-state index contributed by atoms with van der Waals surface area (Å²) in [6.45, 7) is 6.37. The SMILES string of the molecule is CC(C)Cn1c(CCN(C)C)nc2cc(C#N)ccc21. The minimum atomic E-state index is 0.571. The highest BCUT2D eigenvalue weighted by molar-refractivity contribution is 5.77. The fraction of sp³-hybridized carbons (Fsp3) is 0.500. The van der Waals surface area contributed by atoms with E-state index in [-0.39, 0.29) is 0 Å². The predicted molar refractivity (Wildman–Crippen MR) is 81.5 cm³/mol. The summed E-state index contributed by atoms with van der Waals surface area (Å²) in [6, 6.07) is 7.95. The van der Waals surface area contributed by atoms with Gasteiger partial charge in [-0.25, -0.2) is 4.98 Å². The molecular formula is C16H22N4. The third-order valence-corrected chi connectivity index (χ3v) is 3.29. The summed E-state index contributed by atoms with van der Waals surface area (Å²) in [5.41, 5.74) is 2.73. The second kappa shape index (κ2) is 6.06. The Morgan fingerprint density at radius 3 is 2.70 bits per heavy atom. The normalized spacial score (nSPS) is 11.4. The molecule has 0 aliphatic rings. The summed E-state index contributed by atoms with van der Waals surface area (Å²) in [5, 5.41) is 9.00. The van der Waals surface area contributed by atoms with Crippen molar-refractivity contribution >= 4 is 11.0 Å². The molecule has 2 rings (SSSR count). The fourth-order valence-electron chi connectivity index (χ4n) is 2.33. The lowest BCUT2D eigenvalue weighted by Crippen LogP contribution is -2.18. The van der Waals surface area contributed by atoms with Crippen LogP contribution < -0.4 is 0 Å². The molecule has 4 heteroatoms. The summed E-state index contributed by atoms with van der Waals surface area (Å²) in [4.78, 5) is 6.90. The van der Waals surface area contributed by atoms with Gasteiger partial charge in [0.15, 0.2) is 0 Å². The van der Waals surface area contributed by atoms with Crippen molar-refractivity contribution < 1.29 is 0 Å². The van der Waals surface area contributed by atoms with E-state index in [9.17, 15) is 0 Å². The van der Waals surface area contributed by atoms with Gasteiger partial charge in [-0.1, -0.05) is 13.8 Å². The number of rotatable bonds is 5. The molecule has 20 heavy (non-hydrogen) atoms. The van der Waals surface area contributed by atoms with Crippen molar-refractivity contribution in [1.82, 2.24) is 14.5 Å². The standard InChI is InChI=1S/C16H22N4/c1-12(2)11-20-15-6-5-13(10-17)9-14(15)18-16(20)7-8-19(3)4/h5-6,9,12H,7-8,11H2,1-4H3. The number of benzene rings is 1. The zero-order valence-electron chi connectivity index (χ0n) is 12.7. The van der Waals surface area contributed by atoms with Crippen LogP contribution in [0, 0.1) is 17.2 Å². The maximum atomic E-state index is 9.00. The third-order valence-electron chi connectivity index (χ3n) is 3.29. The monoisotopic (exact) mass is 270 g/mol. The number of imidazole rings is 1. The largest absolute Gasteiger partial charge is 0.328 e. The van der Waals surface area contributed by atoms with E-state index >= 15 is 0 Å². The van der Waals surface area contributed by atoms with Crippen LogP contribution in [0.1, 0.15) is 25.2 Å². The Balaban J connectivity index is 2.45. The van der Waals surface area contributed by atoms with Crippen LogP contribution in [0.2, 0.25) is 0 Å². The van der Waals surface area contributed by atoms with Gasteiger partial charge in [0.2, 0.25) is 0 Å². The predicted octanol–water partition coefficient (Wildman–Crippen LogP) is 2.67. The molecule has 0 fully saturated rings. The van der Waals surface area contributed by atoms with Crippen molar-refractivity contribution in [2.75, 3.05) is 20.6 Å². The van der Waals surface area contributed by atoms with Crippen LogP contribution >= 0.6 is 0 Å². The van der Waals surface area contributed by atoms with Crippen molar-refractivity contribution in [3.8, 4) is 6.07 Å². The first-order valence-corrected chi connectivity index (χ1v) is 7.05. The summed E-state index contributed by atoms with van der Waals surface area (Å²) in [7, 11) is 4.15. The van der Waals surface area contributed by atoms with Crippen LogP contribution in [-0.2, 0) is 13.0 Å². The van der Waals surface area contributed by atoms with Gasteiger partial charge in [0, 0.05) is 19.5 Å². The van der Waals surface area contributed by atoms with Crippen LogP contribution in [0.4, 0.5) is 0 Å². The molecule has 0 unspecified atom stereocenters. The highest BCUT2D eigenvalue weighted by atomic mass is 15.1. The van der Waals surface area contributed by atoms with Crippen molar-refractivity contribution in [2.24, 2.45) is 5.92 Å². The molecule has 0 aliphatic heterocycles. The first-order chi connectivity index (χ1) is 9.51. The number of nitrogens with zero attached hydrogens (tertiary/aromatic N) is 4. The zero-order chi connectivity index (χ0) is 14.7. The minimum absolute atomic E-state index is 0.571. The molecule has 0 radical (unpaired) electrons. The van der Waals surface area contributed by atoms with Gasteiger partial charge in [0.25, 0.3) is 0 Å². The number of likely N-dealkylation sites (N-methyl/N-ethyl adjacent to an activating group) is 1. The number of nitriles is 1. The summed E-state index contributed by atoms with van der Waals surface area (Å²) in [6.07, 6.45) is 0.927. The molecule has 4 nitrogen and oxygen atoms in total. The highest BCUT2D eigenvalue weighted by Gasteiger charge is 2.12. The average molecular weight is 270 g/mol. The van der Waals surface area contributed by atoms with E-state index in [2.05, 4.69) is 43.5 Å². The van der Waals surface area contributed by atoms with Gasteiger partial charge in [-0.2, -0.15) is 5.26 Å². The quantitative estimate of drug-likeness (QED) is 0.839. The molecule has 1 aromatic carbocycles. The van der Waals surface area contributed by atoms with Crippen LogP contribution in [0.3, 0.4) is 0 Å². The van der Waals surface area contributed by atoms with E-state index in [4.69, 9.17) is 10.2 Å². The molecule has 2 aromatic rings. The highest BCUT2D eigenvalue weighted by Crippen LogP contribution is 2.20. The Morgan fingerprint density at radius 2 is 2.10 bits per heavy atom. The molecule has 0 aliphatic carbocycles. The van der Waals surface area contributed by atoms with E-state index in [0.29, 0.717) is 11.5 Å². The number of aromatic nitrogens is 2. The lowest BCUT2D eigenvalue weighted by Gasteiger charge is -2.13. The maximum absolute atomic E-state index is 9.00. The Kier molecular flexibility index (Phi) is 4.41. The Labute approximate surface area is 120 Å². The molecule has 0 saturated carbocycles. The van der Waals surface area contributed by atoms with Crippen molar-refractivity contribution in [3.63, 3.8) is 0 Å². The first kappa shape index (κ1) is 14.5. The molecule has 1 aromatic heterocycles. The van der Waals surface area contributed by atoms with Crippen LogP contribution in [-0.4, -0.2) is 35.1 Å². The number of fused-ring (bicyclic) bond motifs is 1. The van der Waals surface area contributed by atoms with E-state index in [1.54, 1.807) is 0 Å². The summed E-state index contributed by atoms with van der Waals surface area (Å²) in [5.74, 6) is 1.68. The molecule has 0 saturated heterocycles. The fourth-order valence-corrected chi connectivity index (χ4v) is 2.33. The van der Waals surface area contributed by atoms with E-state index in [1.807, 2.05) is 18.2 Å². The Morgan fingerprint density at radius 1 is 1.35 bits per heavy atom. The van der Waals surface area contributed by atoms with Crippen LogP contribution in [0.25, 0.3) is 11.0 Å². The van der Waals surface area contributed by atoms with Crippen molar-refractivity contribution in [2.45, 2.75) is 26.8 Å². The molecular weight excluding hydrogens is 248 g/mol. The minimum Gasteiger partial charge on any atom is -0.328 e. The van der Waals surface area contributed by atoms with E-state index in [1.165, 1.54) is 0 Å². The second-order valence-electron chi connectivity index (χ2n) is 5.90. The Hall–Kier alpha value is -1.86. The van der Waals surface area contributed by atoms with Crippen LogP contribution in [0.15, 0.2) is 18.2 Å². The molecule has 0 spiro atoms.